The van der Waals surface area contributed by atoms with Crippen LogP contribution in [0.4, 0.5) is 0 Å². The molecule has 2 rings (SSSR count). The zero-order valence-electron chi connectivity index (χ0n) is 17.6. The second kappa shape index (κ2) is 9.49. The molecule has 1 fully saturated rings. The summed E-state index contributed by atoms with van der Waals surface area (Å²) in [5, 5.41) is 3.29. The number of benzene rings is 1. The van der Waals surface area contributed by atoms with Crippen molar-refractivity contribution in [3.05, 3.63) is 23.8 Å². The van der Waals surface area contributed by atoms with Crippen molar-refractivity contribution in [1.82, 2.24) is 10.2 Å². The quantitative estimate of drug-likeness (QED) is 0.421. The highest BCUT2D eigenvalue weighted by Crippen LogP contribution is 2.28. The molecule has 0 radical (unpaired) electrons. The number of nitrogens with one attached hydrogen (secondary N) is 1. The molecule has 1 heterocycles. The smallest absolute Gasteiger partial charge is 0.193 e. The Morgan fingerprint density at radius 2 is 1.96 bits per heavy atom. The minimum absolute atomic E-state index is 0.163. The van der Waals surface area contributed by atoms with E-state index in [4.69, 9.17) is 14.5 Å². The van der Waals surface area contributed by atoms with Gasteiger partial charge in [-0.2, -0.15) is 0 Å². The van der Waals surface area contributed by atoms with Gasteiger partial charge in [-0.3, -0.25) is 4.99 Å². The molecule has 8 heteroatoms. The number of guanidine groups is 1. The molecule has 7 nitrogen and oxygen atoms in total. The summed E-state index contributed by atoms with van der Waals surface area (Å²) >= 11 is 0. The third-order valence-electron chi connectivity index (χ3n) is 5.01. The van der Waals surface area contributed by atoms with E-state index in [1.54, 1.807) is 28.1 Å². The van der Waals surface area contributed by atoms with Gasteiger partial charge in [0.15, 0.2) is 27.3 Å². The number of hydrogen-bond acceptors (Lipinski definition) is 5. The molecule has 1 aliphatic rings. The van der Waals surface area contributed by atoms with Crippen molar-refractivity contribution >= 4 is 15.8 Å². The molecule has 0 spiro atoms. The zero-order chi connectivity index (χ0) is 20.8. The molecule has 0 aliphatic carbocycles. The van der Waals surface area contributed by atoms with Crippen LogP contribution < -0.4 is 14.8 Å². The van der Waals surface area contributed by atoms with Crippen LogP contribution in [0.1, 0.15) is 32.8 Å². The van der Waals surface area contributed by atoms with E-state index >= 15 is 0 Å². The van der Waals surface area contributed by atoms with Gasteiger partial charge >= 0.3 is 0 Å². The van der Waals surface area contributed by atoms with Crippen LogP contribution in [-0.2, 0) is 16.3 Å². The second-order valence-corrected chi connectivity index (χ2v) is 10.3. The number of sulfone groups is 1. The summed E-state index contributed by atoms with van der Waals surface area (Å²) in [4.78, 5) is 6.78. The Morgan fingerprint density at radius 1 is 1.25 bits per heavy atom. The molecular formula is C20H33N3O4S. The first kappa shape index (κ1) is 22.3. The van der Waals surface area contributed by atoms with E-state index in [0.717, 1.165) is 36.8 Å². The average Bonchev–Trinajstić information content (AvgIpc) is 2.66. The number of aryl methyl sites for hydroxylation is 1. The van der Waals surface area contributed by atoms with Crippen molar-refractivity contribution in [1.29, 1.82) is 0 Å². The number of nitrogens with zero attached hydrogens (tertiary/aromatic N) is 2. The van der Waals surface area contributed by atoms with Crippen molar-refractivity contribution in [2.45, 2.75) is 38.4 Å². The van der Waals surface area contributed by atoms with Crippen LogP contribution >= 0.6 is 0 Å². The maximum atomic E-state index is 12.2. The molecule has 0 unspecified atom stereocenters. The Labute approximate surface area is 169 Å². The van der Waals surface area contributed by atoms with Crippen LogP contribution in [-0.4, -0.2) is 70.2 Å². The average molecular weight is 412 g/mol. The summed E-state index contributed by atoms with van der Waals surface area (Å²) in [6.45, 7) is 7.94. The predicted molar refractivity (Wildman–Crippen MR) is 113 cm³/mol. The van der Waals surface area contributed by atoms with Crippen LogP contribution in [0.25, 0.3) is 0 Å². The Morgan fingerprint density at radius 3 is 2.57 bits per heavy atom. The van der Waals surface area contributed by atoms with Gasteiger partial charge in [0.2, 0.25) is 0 Å². The van der Waals surface area contributed by atoms with Crippen molar-refractivity contribution in [3.8, 4) is 11.5 Å². The van der Waals surface area contributed by atoms with Crippen molar-refractivity contribution in [2.24, 2.45) is 4.99 Å². The minimum Gasteiger partial charge on any atom is -0.493 e. The lowest BCUT2D eigenvalue weighted by Gasteiger charge is -2.39. The van der Waals surface area contributed by atoms with E-state index in [2.05, 4.69) is 10.2 Å². The van der Waals surface area contributed by atoms with Gasteiger partial charge in [0.1, 0.15) is 0 Å². The van der Waals surface area contributed by atoms with E-state index in [-0.39, 0.29) is 5.75 Å². The Bertz CT molecular complexity index is 791. The van der Waals surface area contributed by atoms with E-state index < -0.39 is 14.6 Å². The van der Waals surface area contributed by atoms with E-state index in [1.807, 2.05) is 25.1 Å². The molecule has 1 saturated heterocycles. The SMILES string of the molecule is CCNC(=NCCCc1ccc(OC)c(OC)c1)N1CCS(=O)(=O)C(C)(C)C1. The lowest BCUT2D eigenvalue weighted by atomic mass is 10.1. The lowest BCUT2D eigenvalue weighted by Crippen LogP contribution is -2.57. The summed E-state index contributed by atoms with van der Waals surface area (Å²) in [5.74, 6) is 2.41. The van der Waals surface area contributed by atoms with Gasteiger partial charge in [-0.1, -0.05) is 6.07 Å². The van der Waals surface area contributed by atoms with Gasteiger partial charge in [-0.15, -0.1) is 0 Å². The van der Waals surface area contributed by atoms with Crippen LogP contribution in [0.5, 0.6) is 11.5 Å². The summed E-state index contributed by atoms with van der Waals surface area (Å²) in [7, 11) is 0.198. The molecule has 0 saturated carbocycles. The number of rotatable bonds is 7. The van der Waals surface area contributed by atoms with Crippen molar-refractivity contribution in [2.75, 3.05) is 46.2 Å². The van der Waals surface area contributed by atoms with Gasteiger partial charge in [-0.25, -0.2) is 8.42 Å². The van der Waals surface area contributed by atoms with Gasteiger partial charge in [0.05, 0.1) is 24.7 Å². The molecule has 0 bridgehead atoms. The standard InChI is InChI=1S/C20H33N3O4S/c1-6-21-19(23-12-13-28(24,25)20(2,3)15-23)22-11-7-8-16-9-10-17(26-4)18(14-16)27-5/h9-10,14H,6-8,11-13,15H2,1-5H3,(H,21,22). The van der Waals surface area contributed by atoms with Gasteiger partial charge in [-0.05, 0) is 51.3 Å². The predicted octanol–water partition coefficient (Wildman–Crippen LogP) is 2.11. The van der Waals surface area contributed by atoms with Crippen LogP contribution in [0.2, 0.25) is 0 Å². The highest BCUT2D eigenvalue weighted by Gasteiger charge is 2.40. The third-order valence-corrected chi connectivity index (χ3v) is 7.54. The first-order valence-electron chi connectivity index (χ1n) is 9.70. The van der Waals surface area contributed by atoms with Crippen LogP contribution in [0.3, 0.4) is 0 Å². The van der Waals surface area contributed by atoms with Crippen molar-refractivity contribution < 1.29 is 17.9 Å². The number of ether oxygens (including phenoxy) is 2. The summed E-state index contributed by atoms with van der Waals surface area (Å²) < 4.78 is 34.3. The first-order valence-corrected chi connectivity index (χ1v) is 11.4. The number of aliphatic imine (C=N–C) groups is 1. The summed E-state index contributed by atoms with van der Waals surface area (Å²) in [6, 6.07) is 5.94. The topological polar surface area (TPSA) is 80.2 Å². The van der Waals surface area contributed by atoms with E-state index in [0.29, 0.717) is 19.6 Å². The maximum Gasteiger partial charge on any atom is 0.193 e. The molecule has 1 aliphatic heterocycles. The molecule has 0 aromatic heterocycles. The third kappa shape index (κ3) is 5.31. The zero-order valence-corrected chi connectivity index (χ0v) is 18.4. The molecule has 28 heavy (non-hydrogen) atoms. The summed E-state index contributed by atoms with van der Waals surface area (Å²) in [5.41, 5.74) is 1.17. The molecule has 1 N–H and O–H groups in total. The maximum absolute atomic E-state index is 12.2. The van der Waals surface area contributed by atoms with Gasteiger partial charge < -0.3 is 19.7 Å². The van der Waals surface area contributed by atoms with Crippen molar-refractivity contribution in [3.63, 3.8) is 0 Å². The Hall–Kier alpha value is -1.96. The second-order valence-electron chi connectivity index (χ2n) is 7.53. The lowest BCUT2D eigenvalue weighted by molar-refractivity contribution is 0.353. The fourth-order valence-corrected chi connectivity index (χ4v) is 4.62. The summed E-state index contributed by atoms with van der Waals surface area (Å²) in [6.07, 6.45) is 1.77. The largest absolute Gasteiger partial charge is 0.493 e. The fourth-order valence-electron chi connectivity index (χ4n) is 3.25. The molecular weight excluding hydrogens is 378 g/mol. The Balaban J connectivity index is 1.98. The number of methoxy groups -OCH3 is 2. The molecule has 0 atom stereocenters. The van der Waals surface area contributed by atoms with E-state index in [1.165, 1.54) is 5.56 Å². The highest BCUT2D eigenvalue weighted by molar-refractivity contribution is 7.92. The van der Waals surface area contributed by atoms with Gasteiger partial charge in [0, 0.05) is 26.2 Å². The van der Waals surface area contributed by atoms with E-state index in [9.17, 15) is 8.42 Å². The molecule has 0 amide bonds. The molecule has 158 valence electrons. The minimum atomic E-state index is -3.06. The van der Waals surface area contributed by atoms with Gasteiger partial charge in [0.25, 0.3) is 0 Å². The normalized spacial score (nSPS) is 18.6. The molecule has 1 aromatic carbocycles. The number of hydrogen-bond donors (Lipinski definition) is 1. The van der Waals surface area contributed by atoms with Crippen LogP contribution in [0, 0.1) is 0 Å². The van der Waals surface area contributed by atoms with Crippen LogP contribution in [0.15, 0.2) is 23.2 Å². The monoisotopic (exact) mass is 411 g/mol. The first-order chi connectivity index (χ1) is 13.2. The highest BCUT2D eigenvalue weighted by atomic mass is 32.2. The fraction of sp³-hybridized carbons (Fsp3) is 0.650. The Kier molecular flexibility index (Phi) is 7.57. The molecule has 1 aromatic rings.